The molecule has 0 aromatic heterocycles. The van der Waals surface area contributed by atoms with E-state index in [9.17, 15) is 13.9 Å². The second-order valence-corrected chi connectivity index (χ2v) is 4.92. The van der Waals surface area contributed by atoms with Crippen LogP contribution in [0.1, 0.15) is 19.8 Å². The maximum absolute atomic E-state index is 11.8. The zero-order valence-corrected chi connectivity index (χ0v) is 10.8. The first kappa shape index (κ1) is 15.5. The summed E-state index contributed by atoms with van der Waals surface area (Å²) in [4.78, 5) is 0. The minimum Gasteiger partial charge on any atom is -0.389 e. The Balaban J connectivity index is 2.04. The molecule has 0 radical (unpaired) electrons. The molecule has 3 unspecified atom stereocenters. The van der Waals surface area contributed by atoms with Crippen LogP contribution < -0.4 is 5.32 Å². The van der Waals surface area contributed by atoms with E-state index in [0.29, 0.717) is 18.4 Å². The van der Waals surface area contributed by atoms with Crippen molar-refractivity contribution in [2.75, 3.05) is 26.3 Å². The second-order valence-electron chi connectivity index (χ2n) is 4.92. The quantitative estimate of drug-likeness (QED) is 0.656. The minimum atomic E-state index is -2.38. The predicted molar refractivity (Wildman–Crippen MR) is 66.7 cm³/mol. The van der Waals surface area contributed by atoms with Gasteiger partial charge >= 0.3 is 0 Å². The van der Waals surface area contributed by atoms with E-state index in [-0.39, 0.29) is 19.7 Å². The van der Waals surface area contributed by atoms with Gasteiger partial charge in [-0.25, -0.2) is 8.78 Å². The molecular formula is C13H23F2NO2. The first-order chi connectivity index (χ1) is 8.59. The van der Waals surface area contributed by atoms with Crippen LogP contribution in [0.15, 0.2) is 12.2 Å². The fourth-order valence-electron chi connectivity index (χ4n) is 2.01. The topological polar surface area (TPSA) is 41.5 Å². The molecule has 1 aliphatic rings. The molecule has 0 aromatic rings. The molecule has 0 bridgehead atoms. The maximum Gasteiger partial charge on any atom is 0.250 e. The molecular weight excluding hydrogens is 240 g/mol. The Morgan fingerprint density at radius 3 is 2.72 bits per heavy atom. The van der Waals surface area contributed by atoms with Crippen LogP contribution in [0.2, 0.25) is 0 Å². The highest BCUT2D eigenvalue weighted by Gasteiger charge is 2.18. The summed E-state index contributed by atoms with van der Waals surface area (Å²) in [6.45, 7) is 2.77. The standard InChI is InChI=1S/C13H23F2NO2/c1-10-4-2-3-5-11(10)8-18-9-12(17)6-16-7-13(14)15/h2-3,10-13,16-17H,4-9H2,1H3. The molecule has 106 valence electrons. The third-order valence-electron chi connectivity index (χ3n) is 3.24. The molecule has 0 aromatic carbocycles. The molecule has 1 aliphatic carbocycles. The van der Waals surface area contributed by atoms with Gasteiger partial charge in [0.15, 0.2) is 0 Å². The maximum atomic E-state index is 11.8. The van der Waals surface area contributed by atoms with Crippen LogP contribution in [0.3, 0.4) is 0 Å². The van der Waals surface area contributed by atoms with Crippen LogP contribution in [0.4, 0.5) is 8.78 Å². The lowest BCUT2D eigenvalue weighted by Gasteiger charge is -2.25. The Morgan fingerprint density at radius 2 is 2.06 bits per heavy atom. The Bertz CT molecular complexity index is 249. The summed E-state index contributed by atoms with van der Waals surface area (Å²) >= 11 is 0. The average molecular weight is 263 g/mol. The summed E-state index contributed by atoms with van der Waals surface area (Å²) in [5.74, 6) is 1.10. The molecule has 0 spiro atoms. The van der Waals surface area contributed by atoms with Gasteiger partial charge in [0.1, 0.15) is 0 Å². The number of hydrogen-bond acceptors (Lipinski definition) is 3. The van der Waals surface area contributed by atoms with E-state index in [0.717, 1.165) is 12.8 Å². The van der Waals surface area contributed by atoms with Gasteiger partial charge in [-0.1, -0.05) is 19.1 Å². The fourth-order valence-corrected chi connectivity index (χ4v) is 2.01. The van der Waals surface area contributed by atoms with Gasteiger partial charge in [0.2, 0.25) is 0 Å². The molecule has 3 atom stereocenters. The highest BCUT2D eigenvalue weighted by Crippen LogP contribution is 2.24. The summed E-state index contributed by atoms with van der Waals surface area (Å²) in [7, 11) is 0. The highest BCUT2D eigenvalue weighted by atomic mass is 19.3. The van der Waals surface area contributed by atoms with Crippen molar-refractivity contribution in [1.29, 1.82) is 0 Å². The van der Waals surface area contributed by atoms with E-state index < -0.39 is 12.5 Å². The van der Waals surface area contributed by atoms with E-state index in [1.165, 1.54) is 0 Å². The van der Waals surface area contributed by atoms with Crippen LogP contribution >= 0.6 is 0 Å². The Morgan fingerprint density at radius 1 is 1.33 bits per heavy atom. The van der Waals surface area contributed by atoms with Crippen molar-refractivity contribution >= 4 is 0 Å². The summed E-state index contributed by atoms with van der Waals surface area (Å²) in [6, 6.07) is 0. The van der Waals surface area contributed by atoms with Gasteiger partial charge in [0.05, 0.1) is 25.9 Å². The van der Waals surface area contributed by atoms with E-state index in [1.807, 2.05) is 0 Å². The summed E-state index contributed by atoms with van der Waals surface area (Å²) in [6.07, 6.45) is 3.33. The number of aliphatic hydroxyl groups excluding tert-OH is 1. The number of allylic oxidation sites excluding steroid dienone is 2. The van der Waals surface area contributed by atoms with Crippen molar-refractivity contribution in [2.45, 2.75) is 32.3 Å². The van der Waals surface area contributed by atoms with Crippen molar-refractivity contribution in [3.05, 3.63) is 12.2 Å². The second kappa shape index (κ2) is 8.56. The smallest absolute Gasteiger partial charge is 0.250 e. The molecule has 1 rings (SSSR count). The van der Waals surface area contributed by atoms with Crippen LogP contribution in [0.25, 0.3) is 0 Å². The van der Waals surface area contributed by atoms with Crippen LogP contribution in [-0.4, -0.2) is 43.9 Å². The Kier molecular flexibility index (Phi) is 7.39. The van der Waals surface area contributed by atoms with Gasteiger partial charge in [-0.15, -0.1) is 0 Å². The largest absolute Gasteiger partial charge is 0.389 e. The Labute approximate surface area is 107 Å². The van der Waals surface area contributed by atoms with E-state index >= 15 is 0 Å². The number of aliphatic hydroxyl groups is 1. The van der Waals surface area contributed by atoms with Crippen LogP contribution in [0, 0.1) is 11.8 Å². The first-order valence-corrected chi connectivity index (χ1v) is 6.49. The molecule has 0 aliphatic heterocycles. The van der Waals surface area contributed by atoms with E-state index in [1.54, 1.807) is 0 Å². The number of ether oxygens (including phenoxy) is 1. The lowest BCUT2D eigenvalue weighted by atomic mass is 9.85. The van der Waals surface area contributed by atoms with Crippen molar-refractivity contribution in [3.8, 4) is 0 Å². The summed E-state index contributed by atoms with van der Waals surface area (Å²) in [5.41, 5.74) is 0. The zero-order valence-electron chi connectivity index (χ0n) is 10.8. The molecule has 3 nitrogen and oxygen atoms in total. The molecule has 2 N–H and O–H groups in total. The summed E-state index contributed by atoms with van der Waals surface area (Å²) < 4.78 is 29.1. The third-order valence-corrected chi connectivity index (χ3v) is 3.24. The van der Waals surface area contributed by atoms with Gasteiger partial charge in [-0.3, -0.25) is 0 Å². The van der Waals surface area contributed by atoms with Crippen molar-refractivity contribution in [2.24, 2.45) is 11.8 Å². The number of hydrogen-bond donors (Lipinski definition) is 2. The van der Waals surface area contributed by atoms with Gasteiger partial charge in [-0.2, -0.15) is 0 Å². The minimum absolute atomic E-state index is 0.143. The van der Waals surface area contributed by atoms with Gasteiger partial charge in [0, 0.05) is 6.54 Å². The molecule has 0 heterocycles. The predicted octanol–water partition coefficient (Wildman–Crippen LogP) is 1.82. The van der Waals surface area contributed by atoms with Crippen LogP contribution in [-0.2, 0) is 4.74 Å². The van der Waals surface area contributed by atoms with Gasteiger partial charge in [0.25, 0.3) is 6.43 Å². The van der Waals surface area contributed by atoms with Gasteiger partial charge < -0.3 is 15.2 Å². The number of rotatable bonds is 8. The monoisotopic (exact) mass is 263 g/mol. The molecule has 0 saturated carbocycles. The van der Waals surface area contributed by atoms with Crippen molar-refractivity contribution in [1.82, 2.24) is 5.32 Å². The number of halogens is 2. The normalized spacial score (nSPS) is 25.6. The van der Waals surface area contributed by atoms with E-state index in [2.05, 4.69) is 24.4 Å². The molecule has 0 fully saturated rings. The van der Waals surface area contributed by atoms with Crippen molar-refractivity contribution < 1.29 is 18.6 Å². The fraction of sp³-hybridized carbons (Fsp3) is 0.846. The van der Waals surface area contributed by atoms with E-state index in [4.69, 9.17) is 4.74 Å². The number of alkyl halides is 2. The Hall–Kier alpha value is -0.520. The van der Waals surface area contributed by atoms with Crippen molar-refractivity contribution in [3.63, 3.8) is 0 Å². The lowest BCUT2D eigenvalue weighted by Crippen LogP contribution is -2.34. The first-order valence-electron chi connectivity index (χ1n) is 6.49. The summed E-state index contributed by atoms with van der Waals surface area (Å²) in [5, 5.41) is 12.0. The van der Waals surface area contributed by atoms with Crippen LogP contribution in [0.5, 0.6) is 0 Å². The zero-order chi connectivity index (χ0) is 13.4. The molecule has 0 saturated heterocycles. The SMILES string of the molecule is CC1CC=CCC1COCC(O)CNCC(F)F. The highest BCUT2D eigenvalue weighted by molar-refractivity contribution is 4.93. The number of nitrogens with one attached hydrogen (secondary N) is 1. The lowest BCUT2D eigenvalue weighted by molar-refractivity contribution is 0.0113. The third kappa shape index (κ3) is 6.42. The molecule has 0 amide bonds. The average Bonchev–Trinajstić information content (AvgIpc) is 2.31. The molecule has 5 heteroatoms. The molecule has 18 heavy (non-hydrogen) atoms. The van der Waals surface area contributed by atoms with Gasteiger partial charge in [-0.05, 0) is 24.7 Å².